The van der Waals surface area contributed by atoms with Crippen molar-refractivity contribution >= 4 is 34.7 Å². The number of anilines is 4. The largest absolute Gasteiger partial charge is 0.392 e. The van der Waals surface area contributed by atoms with Gasteiger partial charge in [-0.2, -0.15) is 0 Å². The standard InChI is InChI=1S/C37H41FN6O4/c1-37(2,3)24-18-23-15-17-44(35(47)33(23)29(38)19-24)31-13-8-12-27(28(31)22-45)30-21-43(6)36(48)34(41-30)40-26-11-7-10-25(20-26)39-32(46)14-9-16-42(4)5/h7-14,18-21,45H,15-17,22H2,1-6H3,(H,39,46)(H,40,41)/b14-9+. The summed E-state index contributed by atoms with van der Waals surface area (Å²) in [5.74, 6) is -1.29. The van der Waals surface area contributed by atoms with Gasteiger partial charge in [-0.25, -0.2) is 9.37 Å². The molecule has 4 aromatic rings. The number of aryl methyl sites for hydroxylation is 1. The van der Waals surface area contributed by atoms with Crippen LogP contribution in [0.3, 0.4) is 0 Å². The summed E-state index contributed by atoms with van der Waals surface area (Å²) in [6.07, 6.45) is 5.23. The van der Waals surface area contributed by atoms with Crippen LogP contribution in [0, 0.1) is 5.82 Å². The van der Waals surface area contributed by atoms with Gasteiger partial charge in [-0.3, -0.25) is 14.4 Å². The summed E-state index contributed by atoms with van der Waals surface area (Å²) >= 11 is 0. The number of carbonyl (C=O) groups is 2. The van der Waals surface area contributed by atoms with Crippen molar-refractivity contribution in [3.05, 3.63) is 111 Å². The number of likely N-dealkylation sites (N-methyl/N-ethyl adjacent to an activating group) is 1. The minimum Gasteiger partial charge on any atom is -0.392 e. The molecule has 2 heterocycles. The number of aliphatic hydroxyl groups is 1. The number of aromatic nitrogens is 2. The van der Waals surface area contributed by atoms with Crippen molar-refractivity contribution in [2.75, 3.05) is 42.7 Å². The predicted molar refractivity (Wildman–Crippen MR) is 187 cm³/mol. The van der Waals surface area contributed by atoms with Crippen molar-refractivity contribution in [1.82, 2.24) is 14.5 Å². The van der Waals surface area contributed by atoms with Gasteiger partial charge in [-0.05, 0) is 67.4 Å². The number of halogens is 1. The molecule has 0 atom stereocenters. The molecule has 0 bridgehead atoms. The first-order chi connectivity index (χ1) is 22.8. The molecular weight excluding hydrogens is 611 g/mol. The Bertz CT molecular complexity index is 1960. The molecular formula is C37H41FN6O4. The van der Waals surface area contributed by atoms with Crippen molar-refractivity contribution in [2.45, 2.75) is 39.2 Å². The van der Waals surface area contributed by atoms with E-state index in [-0.39, 0.29) is 22.7 Å². The van der Waals surface area contributed by atoms with Crippen LogP contribution in [0.4, 0.5) is 27.3 Å². The Morgan fingerprint density at radius 2 is 1.81 bits per heavy atom. The third-order valence-electron chi connectivity index (χ3n) is 8.18. The Kier molecular flexibility index (Phi) is 9.92. The Labute approximate surface area is 279 Å². The second-order valence-corrected chi connectivity index (χ2v) is 13.2. The van der Waals surface area contributed by atoms with E-state index in [2.05, 4.69) is 15.6 Å². The van der Waals surface area contributed by atoms with Crippen molar-refractivity contribution < 1.29 is 19.1 Å². The maximum atomic E-state index is 15.4. The fraction of sp³-hybridized carbons (Fsp3) is 0.297. The normalized spacial score (nSPS) is 13.3. The van der Waals surface area contributed by atoms with E-state index < -0.39 is 23.9 Å². The second kappa shape index (κ2) is 13.9. The predicted octanol–water partition coefficient (Wildman–Crippen LogP) is 5.38. The van der Waals surface area contributed by atoms with Crippen molar-refractivity contribution in [3.8, 4) is 11.3 Å². The molecule has 11 heteroatoms. The molecule has 250 valence electrons. The third-order valence-corrected chi connectivity index (χ3v) is 8.18. The topological polar surface area (TPSA) is 120 Å². The summed E-state index contributed by atoms with van der Waals surface area (Å²) in [5, 5.41) is 16.5. The first kappa shape index (κ1) is 34.2. The lowest BCUT2D eigenvalue weighted by atomic mass is 9.83. The molecule has 0 aliphatic carbocycles. The summed E-state index contributed by atoms with van der Waals surface area (Å²) in [5.41, 5.74) is 3.69. The quantitative estimate of drug-likeness (QED) is 0.208. The van der Waals surface area contributed by atoms with Gasteiger partial charge in [0.05, 0.1) is 23.6 Å². The van der Waals surface area contributed by atoms with Crippen LogP contribution in [0.2, 0.25) is 0 Å². The molecule has 0 fully saturated rings. The molecule has 0 saturated carbocycles. The van der Waals surface area contributed by atoms with Gasteiger partial charge in [-0.15, -0.1) is 0 Å². The van der Waals surface area contributed by atoms with Gasteiger partial charge in [0.15, 0.2) is 5.82 Å². The highest BCUT2D eigenvalue weighted by molar-refractivity contribution is 6.09. The van der Waals surface area contributed by atoms with Crippen LogP contribution >= 0.6 is 0 Å². The van der Waals surface area contributed by atoms with Gasteiger partial charge < -0.3 is 30.1 Å². The van der Waals surface area contributed by atoms with Gasteiger partial charge in [-0.1, -0.05) is 51.1 Å². The minimum absolute atomic E-state index is 0.0262. The molecule has 1 aliphatic heterocycles. The van der Waals surface area contributed by atoms with Crippen LogP contribution in [0.15, 0.2) is 77.7 Å². The number of hydrogen-bond donors (Lipinski definition) is 3. The van der Waals surface area contributed by atoms with Crippen LogP contribution in [0.5, 0.6) is 0 Å². The fourth-order valence-electron chi connectivity index (χ4n) is 5.65. The van der Waals surface area contributed by atoms with Crippen LogP contribution in [0.25, 0.3) is 11.3 Å². The number of aliphatic hydroxyl groups excluding tert-OH is 1. The SMILES string of the molecule is CN(C)C/C=C/C(=O)Nc1cccc(Nc2nc(-c3cccc(N4CCc5cc(C(C)(C)C)cc(F)c5C4=O)c3CO)cn(C)c2=O)c1. The van der Waals surface area contributed by atoms with Crippen LogP contribution < -0.4 is 21.1 Å². The van der Waals surface area contributed by atoms with Crippen molar-refractivity contribution in [1.29, 1.82) is 0 Å². The molecule has 3 aromatic carbocycles. The number of carbonyl (C=O) groups excluding carboxylic acids is 2. The molecule has 2 amide bonds. The van der Waals surface area contributed by atoms with E-state index in [0.717, 1.165) is 5.56 Å². The number of amides is 2. The number of benzene rings is 3. The molecule has 1 aromatic heterocycles. The summed E-state index contributed by atoms with van der Waals surface area (Å²) in [6, 6.07) is 15.5. The lowest BCUT2D eigenvalue weighted by molar-refractivity contribution is -0.111. The summed E-state index contributed by atoms with van der Waals surface area (Å²) in [7, 11) is 5.41. The summed E-state index contributed by atoms with van der Waals surface area (Å²) in [4.78, 5) is 47.3. The van der Waals surface area contributed by atoms with E-state index in [0.29, 0.717) is 59.0 Å². The molecule has 0 unspecified atom stereocenters. The maximum Gasteiger partial charge on any atom is 0.293 e. The molecule has 10 nitrogen and oxygen atoms in total. The van der Waals surface area contributed by atoms with E-state index >= 15 is 4.39 Å². The van der Waals surface area contributed by atoms with Gasteiger partial charge in [0, 0.05) is 54.9 Å². The highest BCUT2D eigenvalue weighted by Gasteiger charge is 2.32. The number of hydrogen-bond acceptors (Lipinski definition) is 7. The monoisotopic (exact) mass is 652 g/mol. The smallest absolute Gasteiger partial charge is 0.293 e. The van der Waals surface area contributed by atoms with Gasteiger partial charge in [0.2, 0.25) is 5.91 Å². The van der Waals surface area contributed by atoms with Crippen LogP contribution in [-0.4, -0.2) is 58.6 Å². The van der Waals surface area contributed by atoms with Crippen molar-refractivity contribution in [2.24, 2.45) is 7.05 Å². The number of nitrogens with one attached hydrogen (secondary N) is 2. The fourth-order valence-corrected chi connectivity index (χ4v) is 5.65. The van der Waals surface area contributed by atoms with E-state index in [4.69, 9.17) is 0 Å². The number of rotatable bonds is 9. The molecule has 3 N–H and O–H groups in total. The first-order valence-electron chi connectivity index (χ1n) is 15.7. The average Bonchev–Trinajstić information content (AvgIpc) is 3.02. The second-order valence-electron chi connectivity index (χ2n) is 13.2. The van der Waals surface area contributed by atoms with E-state index in [1.54, 1.807) is 61.8 Å². The average molecular weight is 653 g/mol. The molecule has 0 radical (unpaired) electrons. The molecule has 0 spiro atoms. The third kappa shape index (κ3) is 7.37. The maximum absolute atomic E-state index is 15.4. The molecule has 48 heavy (non-hydrogen) atoms. The Morgan fingerprint density at radius 3 is 2.52 bits per heavy atom. The molecule has 0 saturated heterocycles. The van der Waals surface area contributed by atoms with Gasteiger partial charge in [0.1, 0.15) is 5.82 Å². The van der Waals surface area contributed by atoms with Crippen LogP contribution in [0.1, 0.15) is 47.8 Å². The van der Waals surface area contributed by atoms with Crippen molar-refractivity contribution in [3.63, 3.8) is 0 Å². The Hall–Kier alpha value is -5.13. The van der Waals surface area contributed by atoms with E-state index in [1.165, 1.54) is 21.6 Å². The Morgan fingerprint density at radius 1 is 1.08 bits per heavy atom. The summed E-state index contributed by atoms with van der Waals surface area (Å²) in [6.45, 7) is 6.51. The van der Waals surface area contributed by atoms with E-state index in [1.807, 2.05) is 45.8 Å². The molecule has 5 rings (SSSR count). The van der Waals surface area contributed by atoms with Crippen LogP contribution in [-0.2, 0) is 30.3 Å². The zero-order valence-electron chi connectivity index (χ0n) is 28.1. The zero-order valence-corrected chi connectivity index (χ0v) is 28.1. The first-order valence-corrected chi connectivity index (χ1v) is 15.7. The highest BCUT2D eigenvalue weighted by Crippen LogP contribution is 2.36. The van der Waals surface area contributed by atoms with Gasteiger partial charge in [0.25, 0.3) is 11.5 Å². The molecule has 1 aliphatic rings. The lowest BCUT2D eigenvalue weighted by Gasteiger charge is -2.32. The van der Waals surface area contributed by atoms with E-state index in [9.17, 15) is 19.5 Å². The van der Waals surface area contributed by atoms with Gasteiger partial charge >= 0.3 is 0 Å². The lowest BCUT2D eigenvalue weighted by Crippen LogP contribution is -2.39. The zero-order chi connectivity index (χ0) is 34.7. The number of nitrogens with zero attached hydrogens (tertiary/aromatic N) is 4. The number of fused-ring (bicyclic) bond motifs is 1. The highest BCUT2D eigenvalue weighted by atomic mass is 19.1. The summed E-state index contributed by atoms with van der Waals surface area (Å²) < 4.78 is 16.8. The Balaban J connectivity index is 1.45. The minimum atomic E-state index is -0.561.